The highest BCUT2D eigenvalue weighted by Crippen LogP contribution is 2.45. The molecule has 0 amide bonds. The maximum Gasteiger partial charge on any atom is 0.258 e. The number of aromatic amines is 1. The van der Waals surface area contributed by atoms with Crippen LogP contribution >= 0.6 is 0 Å². The molecule has 3 heterocycles. The summed E-state index contributed by atoms with van der Waals surface area (Å²) in [5, 5.41) is 3.36. The summed E-state index contributed by atoms with van der Waals surface area (Å²) in [6, 6.07) is 7.69. The molecular formula is C24H28N4O3. The number of piperidine rings is 1. The minimum atomic E-state index is -0.478. The van der Waals surface area contributed by atoms with Gasteiger partial charge in [-0.15, -0.1) is 0 Å². The van der Waals surface area contributed by atoms with Crippen molar-refractivity contribution in [2.75, 3.05) is 29.9 Å². The van der Waals surface area contributed by atoms with Crippen LogP contribution in [0, 0.1) is 0 Å². The van der Waals surface area contributed by atoms with Gasteiger partial charge in [-0.3, -0.25) is 14.6 Å². The summed E-state index contributed by atoms with van der Waals surface area (Å²) in [5.41, 5.74) is 2.72. The van der Waals surface area contributed by atoms with Gasteiger partial charge in [-0.1, -0.05) is 18.2 Å². The van der Waals surface area contributed by atoms with Crippen molar-refractivity contribution in [1.82, 2.24) is 9.97 Å². The highest BCUT2D eigenvalue weighted by atomic mass is 16.5. The second-order valence-corrected chi connectivity index (χ2v) is 8.40. The molecule has 1 saturated heterocycles. The molecule has 1 aromatic carbocycles. The van der Waals surface area contributed by atoms with Gasteiger partial charge >= 0.3 is 0 Å². The van der Waals surface area contributed by atoms with Crippen LogP contribution in [0.25, 0.3) is 0 Å². The molecule has 5 rings (SSSR count). The average molecular weight is 421 g/mol. The Morgan fingerprint density at radius 1 is 1.10 bits per heavy atom. The number of benzene rings is 1. The van der Waals surface area contributed by atoms with Crippen molar-refractivity contribution >= 4 is 17.5 Å². The third-order valence-corrected chi connectivity index (χ3v) is 6.43. The van der Waals surface area contributed by atoms with E-state index in [-0.39, 0.29) is 11.3 Å². The van der Waals surface area contributed by atoms with E-state index >= 15 is 0 Å². The van der Waals surface area contributed by atoms with Crippen LogP contribution in [0.4, 0.5) is 11.8 Å². The first-order valence-corrected chi connectivity index (χ1v) is 11.3. The number of Topliss-reactive ketones (excluding diaryl/α,β-unsaturated/α-hetero) is 1. The topological polar surface area (TPSA) is 87.3 Å². The zero-order chi connectivity index (χ0) is 21.4. The molecule has 0 saturated carbocycles. The zero-order valence-corrected chi connectivity index (χ0v) is 17.9. The van der Waals surface area contributed by atoms with Gasteiger partial charge in [-0.25, -0.2) is 0 Å². The molecule has 1 aromatic heterocycles. The molecule has 162 valence electrons. The van der Waals surface area contributed by atoms with Gasteiger partial charge in [0.1, 0.15) is 11.6 Å². The number of nitrogens with zero attached hydrogens (tertiary/aromatic N) is 2. The molecule has 2 aromatic rings. The van der Waals surface area contributed by atoms with Crippen molar-refractivity contribution in [2.24, 2.45) is 0 Å². The Morgan fingerprint density at radius 3 is 2.71 bits per heavy atom. The normalized spacial score (nSPS) is 20.7. The van der Waals surface area contributed by atoms with E-state index in [9.17, 15) is 9.59 Å². The first-order valence-electron chi connectivity index (χ1n) is 11.3. The third kappa shape index (κ3) is 3.52. The number of para-hydroxylation sites is 1. The predicted octanol–water partition coefficient (Wildman–Crippen LogP) is 3.72. The fourth-order valence-corrected chi connectivity index (χ4v) is 5.02. The summed E-state index contributed by atoms with van der Waals surface area (Å²) >= 11 is 0. The largest absolute Gasteiger partial charge is 0.494 e. The number of carbonyl (C=O) groups is 1. The minimum absolute atomic E-state index is 0.0928. The number of hydrogen-bond donors (Lipinski definition) is 2. The lowest BCUT2D eigenvalue weighted by Gasteiger charge is -2.34. The molecule has 2 aliphatic heterocycles. The van der Waals surface area contributed by atoms with Crippen molar-refractivity contribution in [2.45, 2.75) is 51.4 Å². The third-order valence-electron chi connectivity index (χ3n) is 6.43. The van der Waals surface area contributed by atoms with E-state index in [1.54, 1.807) is 0 Å². The lowest BCUT2D eigenvalue weighted by Crippen LogP contribution is -2.36. The van der Waals surface area contributed by atoms with Gasteiger partial charge in [0, 0.05) is 36.3 Å². The fraction of sp³-hybridized carbons (Fsp3) is 0.458. The van der Waals surface area contributed by atoms with Gasteiger partial charge in [-0.2, -0.15) is 4.98 Å². The van der Waals surface area contributed by atoms with Gasteiger partial charge in [0.15, 0.2) is 5.78 Å². The van der Waals surface area contributed by atoms with Crippen LogP contribution in [-0.4, -0.2) is 35.4 Å². The Kier molecular flexibility index (Phi) is 5.26. The Labute approximate surface area is 181 Å². The van der Waals surface area contributed by atoms with E-state index in [2.05, 4.69) is 15.2 Å². The van der Waals surface area contributed by atoms with Crippen LogP contribution in [0.1, 0.15) is 62.5 Å². The Bertz CT molecular complexity index is 1100. The smallest absolute Gasteiger partial charge is 0.258 e. The summed E-state index contributed by atoms with van der Waals surface area (Å²) < 4.78 is 5.88. The predicted molar refractivity (Wildman–Crippen MR) is 120 cm³/mol. The van der Waals surface area contributed by atoms with E-state index in [1.165, 1.54) is 6.42 Å². The molecule has 0 spiro atoms. The number of nitrogens with one attached hydrogen (secondary N) is 2. The van der Waals surface area contributed by atoms with E-state index in [4.69, 9.17) is 9.72 Å². The standard InChI is InChI=1S/C24H28N4O3/c1-2-31-18-12-5-4-9-15(18)19-20-16(10-8-11-17(20)29)25-22-21(19)23(30)27-24(26-22)28-13-6-3-7-14-28/h4-5,9,12,19H,2-3,6-8,10-11,13-14H2,1H3,(H2,25,26,27,30)/t19-/m1/s1. The molecule has 1 aliphatic carbocycles. The number of H-pyrrole nitrogens is 1. The van der Waals surface area contributed by atoms with Crippen LogP contribution in [0.15, 0.2) is 40.3 Å². The molecule has 2 N–H and O–H groups in total. The molecule has 7 nitrogen and oxygen atoms in total. The zero-order valence-electron chi connectivity index (χ0n) is 17.9. The van der Waals surface area contributed by atoms with Crippen molar-refractivity contribution in [3.8, 4) is 5.75 Å². The van der Waals surface area contributed by atoms with Gasteiger partial charge < -0.3 is 15.0 Å². The molecule has 7 heteroatoms. The van der Waals surface area contributed by atoms with Gasteiger partial charge in [0.05, 0.1) is 18.1 Å². The van der Waals surface area contributed by atoms with Crippen LogP contribution in [0.2, 0.25) is 0 Å². The highest BCUT2D eigenvalue weighted by molar-refractivity contribution is 6.01. The van der Waals surface area contributed by atoms with Crippen molar-refractivity contribution in [3.63, 3.8) is 0 Å². The quantitative estimate of drug-likeness (QED) is 0.784. The number of fused-ring (bicyclic) bond motifs is 1. The number of aromatic nitrogens is 2. The molecule has 1 fully saturated rings. The monoisotopic (exact) mass is 420 g/mol. The van der Waals surface area contributed by atoms with Crippen LogP contribution in [0.5, 0.6) is 5.75 Å². The Morgan fingerprint density at radius 2 is 1.90 bits per heavy atom. The number of ketones is 1. The van der Waals surface area contributed by atoms with Crippen molar-refractivity contribution in [1.29, 1.82) is 0 Å². The number of allylic oxidation sites excluding steroid dienone is 2. The Balaban J connectivity index is 1.69. The summed E-state index contributed by atoms with van der Waals surface area (Å²) in [6.45, 7) is 4.23. The van der Waals surface area contributed by atoms with Crippen molar-refractivity contribution in [3.05, 3.63) is 57.0 Å². The van der Waals surface area contributed by atoms with Crippen LogP contribution < -0.4 is 20.5 Å². The molecule has 0 unspecified atom stereocenters. The van der Waals surface area contributed by atoms with E-state index in [0.29, 0.717) is 41.7 Å². The van der Waals surface area contributed by atoms with Gasteiger partial charge in [0.2, 0.25) is 5.95 Å². The van der Waals surface area contributed by atoms with Gasteiger partial charge in [0.25, 0.3) is 5.56 Å². The maximum atomic E-state index is 13.4. The lowest BCUT2D eigenvalue weighted by molar-refractivity contribution is -0.116. The minimum Gasteiger partial charge on any atom is -0.494 e. The molecule has 0 radical (unpaired) electrons. The summed E-state index contributed by atoms with van der Waals surface area (Å²) in [7, 11) is 0. The highest BCUT2D eigenvalue weighted by Gasteiger charge is 2.39. The number of ether oxygens (including phenoxy) is 1. The molecule has 0 bridgehead atoms. The van der Waals surface area contributed by atoms with Crippen LogP contribution in [0.3, 0.4) is 0 Å². The SMILES string of the molecule is CCOc1ccccc1[C@@H]1C2=C(CCCC2=O)Nc2nc(N3CCCCC3)[nH]c(=O)c21. The number of carbonyl (C=O) groups excluding carboxylic acids is 1. The number of hydrogen-bond acceptors (Lipinski definition) is 6. The second kappa shape index (κ2) is 8.21. The van der Waals surface area contributed by atoms with E-state index < -0.39 is 5.92 Å². The summed E-state index contributed by atoms with van der Waals surface area (Å²) in [5.74, 6) is 1.49. The Hall–Kier alpha value is -3.09. The average Bonchev–Trinajstić information content (AvgIpc) is 2.79. The number of rotatable bonds is 4. The molecule has 1 atom stereocenters. The van der Waals surface area contributed by atoms with E-state index in [1.807, 2.05) is 31.2 Å². The first-order chi connectivity index (χ1) is 15.2. The summed E-state index contributed by atoms with van der Waals surface area (Å²) in [4.78, 5) is 36.5. The van der Waals surface area contributed by atoms with Crippen LogP contribution in [-0.2, 0) is 4.79 Å². The molecule has 3 aliphatic rings. The molecular weight excluding hydrogens is 392 g/mol. The fourth-order valence-electron chi connectivity index (χ4n) is 5.02. The first kappa shape index (κ1) is 19.8. The van der Waals surface area contributed by atoms with Gasteiger partial charge in [-0.05, 0) is 45.1 Å². The lowest BCUT2D eigenvalue weighted by atomic mass is 9.76. The number of anilines is 2. The van der Waals surface area contributed by atoms with Crippen molar-refractivity contribution < 1.29 is 9.53 Å². The molecule has 31 heavy (non-hydrogen) atoms. The van der Waals surface area contributed by atoms with E-state index in [0.717, 1.165) is 50.0 Å². The second-order valence-electron chi connectivity index (χ2n) is 8.40. The summed E-state index contributed by atoms with van der Waals surface area (Å²) in [6.07, 6.45) is 5.49. The maximum absolute atomic E-state index is 13.4.